The van der Waals surface area contributed by atoms with E-state index in [9.17, 15) is 14.4 Å². The van der Waals surface area contributed by atoms with Crippen molar-refractivity contribution in [3.63, 3.8) is 0 Å². The van der Waals surface area contributed by atoms with Crippen LogP contribution in [-0.4, -0.2) is 28.2 Å². The van der Waals surface area contributed by atoms with Gasteiger partial charge < -0.3 is 9.47 Å². The van der Waals surface area contributed by atoms with Gasteiger partial charge in [0, 0.05) is 17.3 Å². The van der Waals surface area contributed by atoms with Gasteiger partial charge in [0.1, 0.15) is 12.7 Å². The Bertz CT molecular complexity index is 884. The van der Waals surface area contributed by atoms with Gasteiger partial charge in [0.25, 0.3) is 5.56 Å². The lowest BCUT2D eigenvalue weighted by Gasteiger charge is -2.15. The number of ether oxygens (including phenoxy) is 2. The van der Waals surface area contributed by atoms with Crippen molar-refractivity contribution < 1.29 is 14.3 Å². The van der Waals surface area contributed by atoms with Crippen LogP contribution in [0.1, 0.15) is 16.6 Å². The summed E-state index contributed by atoms with van der Waals surface area (Å²) < 4.78 is 12.0. The van der Waals surface area contributed by atoms with E-state index in [2.05, 4.69) is 4.98 Å². The number of halogens is 1. The number of hydrogen-bond acceptors (Lipinski definition) is 5. The molecule has 2 heterocycles. The molecule has 0 unspecified atom stereocenters. The molecule has 0 saturated carbocycles. The molecular formula is C16H13ClN2O5. The van der Waals surface area contributed by atoms with Crippen molar-refractivity contribution in [3.05, 3.63) is 80.1 Å². The van der Waals surface area contributed by atoms with E-state index in [-0.39, 0.29) is 6.61 Å². The molecule has 0 spiro atoms. The molecule has 0 amide bonds. The van der Waals surface area contributed by atoms with Crippen LogP contribution in [0.5, 0.6) is 0 Å². The molecule has 0 bridgehead atoms. The fraction of sp³-hybridized carbons (Fsp3) is 0.188. The number of rotatable bonds is 4. The van der Waals surface area contributed by atoms with Crippen LogP contribution in [0.3, 0.4) is 0 Å². The Hall–Kier alpha value is -2.64. The van der Waals surface area contributed by atoms with Crippen LogP contribution in [0, 0.1) is 0 Å². The maximum atomic E-state index is 11.9. The molecule has 1 N–H and O–H groups in total. The molecule has 1 aromatic carbocycles. The van der Waals surface area contributed by atoms with Crippen molar-refractivity contribution in [3.8, 4) is 0 Å². The first-order chi connectivity index (χ1) is 11.5. The Labute approximate surface area is 141 Å². The molecule has 0 radical (unpaired) electrons. The Morgan fingerprint density at radius 3 is 2.67 bits per heavy atom. The lowest BCUT2D eigenvalue weighted by Crippen LogP contribution is -2.32. The monoisotopic (exact) mass is 348 g/mol. The molecule has 124 valence electrons. The number of hydrogen-bond donors (Lipinski definition) is 1. The summed E-state index contributed by atoms with van der Waals surface area (Å²) >= 11 is 5.76. The predicted octanol–water partition coefficient (Wildman–Crippen LogP) is 1.50. The van der Waals surface area contributed by atoms with Gasteiger partial charge in [-0.2, -0.15) is 0 Å². The van der Waals surface area contributed by atoms with Gasteiger partial charge in [0.15, 0.2) is 6.23 Å². The molecule has 3 rings (SSSR count). The molecule has 8 heteroatoms. The molecule has 0 saturated heterocycles. The molecule has 7 nitrogen and oxygen atoms in total. The van der Waals surface area contributed by atoms with Gasteiger partial charge >= 0.3 is 11.7 Å². The zero-order valence-electron chi connectivity index (χ0n) is 12.3. The molecular weight excluding hydrogens is 336 g/mol. The molecule has 2 atom stereocenters. The zero-order chi connectivity index (χ0) is 17.1. The second-order valence-corrected chi connectivity index (χ2v) is 5.51. The number of nitrogens with zero attached hydrogens (tertiary/aromatic N) is 1. The van der Waals surface area contributed by atoms with E-state index in [0.29, 0.717) is 10.6 Å². The zero-order valence-corrected chi connectivity index (χ0v) is 13.1. The van der Waals surface area contributed by atoms with Crippen molar-refractivity contribution in [2.75, 3.05) is 6.61 Å². The van der Waals surface area contributed by atoms with Crippen LogP contribution in [0.25, 0.3) is 0 Å². The number of esters is 1. The number of aromatic nitrogens is 2. The molecule has 1 aromatic heterocycles. The highest BCUT2D eigenvalue weighted by Gasteiger charge is 2.23. The van der Waals surface area contributed by atoms with Gasteiger partial charge in [0.05, 0.1) is 5.56 Å². The van der Waals surface area contributed by atoms with E-state index in [4.69, 9.17) is 21.1 Å². The van der Waals surface area contributed by atoms with Crippen molar-refractivity contribution >= 4 is 17.6 Å². The molecule has 1 aliphatic rings. The number of carbonyl (C=O) groups is 1. The third-order valence-corrected chi connectivity index (χ3v) is 3.64. The minimum absolute atomic E-state index is 0.00651. The Morgan fingerprint density at radius 2 is 1.96 bits per heavy atom. The topological polar surface area (TPSA) is 90.4 Å². The number of H-pyrrole nitrogens is 1. The van der Waals surface area contributed by atoms with E-state index >= 15 is 0 Å². The van der Waals surface area contributed by atoms with Crippen molar-refractivity contribution in [1.29, 1.82) is 0 Å². The first-order valence-corrected chi connectivity index (χ1v) is 7.49. The first-order valence-electron chi connectivity index (χ1n) is 7.11. The van der Waals surface area contributed by atoms with Gasteiger partial charge in [-0.05, 0) is 30.3 Å². The highest BCUT2D eigenvalue weighted by Crippen LogP contribution is 2.20. The van der Waals surface area contributed by atoms with E-state index in [1.54, 1.807) is 36.4 Å². The van der Waals surface area contributed by atoms with Crippen molar-refractivity contribution in [2.24, 2.45) is 0 Å². The SMILES string of the molecule is O=C(OC[C@H]1C=C[C@@H](n2ccc(=O)[nH]c2=O)O1)c1ccc(Cl)cc1. The summed E-state index contributed by atoms with van der Waals surface area (Å²) in [6.45, 7) is 0.00651. The summed E-state index contributed by atoms with van der Waals surface area (Å²) in [6, 6.07) is 7.56. The number of benzene rings is 1. The highest BCUT2D eigenvalue weighted by atomic mass is 35.5. The normalized spacial score (nSPS) is 19.4. The average Bonchev–Trinajstić information content (AvgIpc) is 3.02. The third kappa shape index (κ3) is 3.64. The van der Waals surface area contributed by atoms with E-state index in [1.165, 1.54) is 16.8 Å². The van der Waals surface area contributed by atoms with Crippen LogP contribution < -0.4 is 11.2 Å². The van der Waals surface area contributed by atoms with E-state index in [0.717, 1.165) is 0 Å². The second-order valence-electron chi connectivity index (χ2n) is 5.07. The second kappa shape index (κ2) is 6.86. The fourth-order valence-electron chi connectivity index (χ4n) is 2.20. The molecule has 1 aliphatic heterocycles. The standard InChI is InChI=1S/C16H13ClN2O5/c17-11-3-1-10(2-4-11)15(21)23-9-12-5-6-14(24-12)19-8-7-13(20)18-16(19)22/h1-8,12,14H,9H2,(H,18,20,22)/t12-,14+/m1/s1. The van der Waals surface area contributed by atoms with Gasteiger partial charge in [-0.1, -0.05) is 17.7 Å². The fourth-order valence-corrected chi connectivity index (χ4v) is 2.32. The molecule has 0 aliphatic carbocycles. The smallest absolute Gasteiger partial charge is 0.338 e. The summed E-state index contributed by atoms with van der Waals surface area (Å²) in [7, 11) is 0. The van der Waals surface area contributed by atoms with Gasteiger partial charge in [-0.25, -0.2) is 9.59 Å². The van der Waals surface area contributed by atoms with Crippen LogP contribution in [0.15, 0.2) is 58.3 Å². The summed E-state index contributed by atoms with van der Waals surface area (Å²) in [5.74, 6) is -0.492. The lowest BCUT2D eigenvalue weighted by molar-refractivity contribution is -0.0223. The minimum atomic E-state index is -0.659. The summed E-state index contributed by atoms with van der Waals surface area (Å²) in [5.41, 5.74) is -0.669. The summed E-state index contributed by atoms with van der Waals surface area (Å²) in [6.07, 6.45) is 3.55. The largest absolute Gasteiger partial charge is 0.459 e. The van der Waals surface area contributed by atoms with E-state index < -0.39 is 29.6 Å². The van der Waals surface area contributed by atoms with Crippen molar-refractivity contribution in [1.82, 2.24) is 9.55 Å². The average molecular weight is 349 g/mol. The van der Waals surface area contributed by atoms with Gasteiger partial charge in [-0.3, -0.25) is 14.3 Å². The van der Waals surface area contributed by atoms with Crippen LogP contribution in [0.4, 0.5) is 0 Å². The van der Waals surface area contributed by atoms with E-state index in [1.807, 2.05) is 0 Å². The number of nitrogens with one attached hydrogen (secondary N) is 1. The predicted molar refractivity (Wildman–Crippen MR) is 86.1 cm³/mol. The molecule has 0 fully saturated rings. The lowest BCUT2D eigenvalue weighted by atomic mass is 10.2. The maximum absolute atomic E-state index is 11.9. The summed E-state index contributed by atoms with van der Waals surface area (Å²) in [4.78, 5) is 36.8. The van der Waals surface area contributed by atoms with Crippen LogP contribution >= 0.6 is 11.6 Å². The van der Waals surface area contributed by atoms with Crippen LogP contribution in [-0.2, 0) is 9.47 Å². The Kier molecular flexibility index (Phi) is 4.64. The molecule has 2 aromatic rings. The minimum Gasteiger partial charge on any atom is -0.459 e. The number of aromatic amines is 1. The maximum Gasteiger partial charge on any atom is 0.338 e. The molecule has 24 heavy (non-hydrogen) atoms. The van der Waals surface area contributed by atoms with Crippen LogP contribution in [0.2, 0.25) is 5.02 Å². The highest BCUT2D eigenvalue weighted by molar-refractivity contribution is 6.30. The first kappa shape index (κ1) is 16.2. The van der Waals surface area contributed by atoms with Gasteiger partial charge in [0.2, 0.25) is 0 Å². The number of carbonyl (C=O) groups excluding carboxylic acids is 1. The third-order valence-electron chi connectivity index (χ3n) is 3.39. The summed E-state index contributed by atoms with van der Waals surface area (Å²) in [5, 5.41) is 0.530. The Balaban J connectivity index is 1.58. The Morgan fingerprint density at radius 1 is 1.21 bits per heavy atom. The van der Waals surface area contributed by atoms with Gasteiger partial charge in [-0.15, -0.1) is 0 Å². The van der Waals surface area contributed by atoms with Crippen molar-refractivity contribution in [2.45, 2.75) is 12.3 Å². The quantitative estimate of drug-likeness (QED) is 0.668.